The molecule has 0 saturated heterocycles. The third kappa shape index (κ3) is 3.58. The van der Waals surface area contributed by atoms with E-state index in [4.69, 9.17) is 5.21 Å². The molecule has 0 amide bonds. The summed E-state index contributed by atoms with van der Waals surface area (Å²) in [4.78, 5) is 12.1. The summed E-state index contributed by atoms with van der Waals surface area (Å²) in [6.45, 7) is 2.00. The van der Waals surface area contributed by atoms with Crippen LogP contribution in [0.15, 0.2) is 34.3 Å². The van der Waals surface area contributed by atoms with Crippen LogP contribution in [-0.2, 0) is 9.53 Å². The van der Waals surface area contributed by atoms with Gasteiger partial charge in [-0.2, -0.15) is 0 Å². The molecule has 86 valence electrons. The summed E-state index contributed by atoms with van der Waals surface area (Å²) in [6.07, 6.45) is 0. The quantitative estimate of drug-likeness (QED) is 0.287. The molecule has 0 fully saturated rings. The molecule has 0 radical (unpaired) electrons. The van der Waals surface area contributed by atoms with E-state index in [2.05, 4.69) is 9.89 Å². The fraction of sp³-hybridized carbons (Fsp3) is 0.273. The largest absolute Gasteiger partial charge is 0.464 e. The molecule has 1 aromatic carbocycles. The minimum Gasteiger partial charge on any atom is -0.464 e. The molecule has 0 saturated carbocycles. The number of carbonyl (C=O) groups excluding carboxylic acids is 1. The second kappa shape index (κ2) is 6.17. The Morgan fingerprint density at radius 1 is 1.44 bits per heavy atom. The van der Waals surface area contributed by atoms with Gasteiger partial charge in [0.15, 0.2) is 5.71 Å². The summed E-state index contributed by atoms with van der Waals surface area (Å²) >= 11 is 1.41. The Balaban J connectivity index is 2.57. The third-order valence-corrected chi connectivity index (χ3v) is 2.96. The minimum atomic E-state index is -0.609. The normalized spacial score (nSPS) is 11.2. The average molecular weight is 239 g/mol. The highest BCUT2D eigenvalue weighted by molar-refractivity contribution is 8.00. The number of esters is 1. The summed E-state index contributed by atoms with van der Waals surface area (Å²) in [5, 5.41) is 11.5. The molecule has 0 bridgehead atoms. The fourth-order valence-corrected chi connectivity index (χ4v) is 1.84. The molecule has 5 heteroatoms. The van der Waals surface area contributed by atoms with Gasteiger partial charge in [0.1, 0.15) is 0 Å². The predicted molar refractivity (Wildman–Crippen MR) is 63.1 cm³/mol. The summed E-state index contributed by atoms with van der Waals surface area (Å²) < 4.78 is 4.47. The third-order valence-electron chi connectivity index (χ3n) is 1.94. The molecule has 0 unspecified atom stereocenters. The van der Waals surface area contributed by atoms with Gasteiger partial charge in [-0.05, 0) is 19.1 Å². The number of hydrogen-bond acceptors (Lipinski definition) is 5. The molecule has 1 N–H and O–H groups in total. The number of hydrogen-bond donors (Lipinski definition) is 1. The van der Waals surface area contributed by atoms with Crippen molar-refractivity contribution in [1.82, 2.24) is 0 Å². The van der Waals surface area contributed by atoms with Gasteiger partial charge in [0, 0.05) is 4.90 Å². The Morgan fingerprint density at radius 2 is 2.06 bits per heavy atom. The minimum absolute atomic E-state index is 0.00748. The van der Waals surface area contributed by atoms with Crippen molar-refractivity contribution in [3.05, 3.63) is 29.8 Å². The predicted octanol–water partition coefficient (Wildman–Crippen LogP) is 2.09. The van der Waals surface area contributed by atoms with Crippen molar-refractivity contribution in [2.45, 2.75) is 11.8 Å². The first-order valence-corrected chi connectivity index (χ1v) is 5.64. The highest BCUT2D eigenvalue weighted by atomic mass is 32.2. The number of ether oxygens (including phenoxy) is 1. The Morgan fingerprint density at radius 3 is 2.56 bits per heavy atom. The molecule has 4 nitrogen and oxygen atoms in total. The number of oxime groups is 1. The van der Waals surface area contributed by atoms with Crippen LogP contribution in [0.2, 0.25) is 0 Å². The van der Waals surface area contributed by atoms with Gasteiger partial charge in [-0.25, -0.2) is 4.79 Å². The van der Waals surface area contributed by atoms with Crippen LogP contribution in [0.4, 0.5) is 0 Å². The second-order valence-corrected chi connectivity index (χ2v) is 4.19. The van der Waals surface area contributed by atoms with Gasteiger partial charge in [-0.1, -0.05) is 22.9 Å². The smallest absolute Gasteiger partial charge is 0.356 e. The van der Waals surface area contributed by atoms with E-state index in [-0.39, 0.29) is 11.5 Å². The zero-order valence-electron chi connectivity index (χ0n) is 9.14. The number of thioether (sulfide) groups is 1. The second-order valence-electron chi connectivity index (χ2n) is 3.14. The lowest BCUT2D eigenvalue weighted by Gasteiger charge is -2.02. The van der Waals surface area contributed by atoms with Crippen molar-refractivity contribution in [3.8, 4) is 0 Å². The standard InChI is InChI=1S/C11H13NO3S/c1-8-3-5-9(6-4-8)16-7-10(12-14)11(13)15-2/h3-6,14H,7H2,1-2H3/b12-10-. The van der Waals surface area contributed by atoms with Crippen molar-refractivity contribution >= 4 is 23.4 Å². The molecule has 16 heavy (non-hydrogen) atoms. The maximum Gasteiger partial charge on any atom is 0.356 e. The van der Waals surface area contributed by atoms with E-state index in [1.54, 1.807) is 0 Å². The lowest BCUT2D eigenvalue weighted by molar-refractivity contribution is -0.132. The van der Waals surface area contributed by atoms with Crippen LogP contribution in [-0.4, -0.2) is 29.8 Å². The molecule has 0 aromatic heterocycles. The van der Waals surface area contributed by atoms with Crippen LogP contribution in [0, 0.1) is 6.92 Å². The number of rotatable bonds is 4. The van der Waals surface area contributed by atoms with Crippen LogP contribution in [0.25, 0.3) is 0 Å². The van der Waals surface area contributed by atoms with Crippen LogP contribution in [0.5, 0.6) is 0 Å². The van der Waals surface area contributed by atoms with Crippen LogP contribution >= 0.6 is 11.8 Å². The molecular weight excluding hydrogens is 226 g/mol. The SMILES string of the molecule is COC(=O)/C(CSc1ccc(C)cc1)=N\O. The fourth-order valence-electron chi connectivity index (χ4n) is 1.03. The van der Waals surface area contributed by atoms with Crippen LogP contribution in [0.3, 0.4) is 0 Å². The molecule has 0 heterocycles. The summed E-state index contributed by atoms with van der Waals surface area (Å²) in [6, 6.07) is 7.87. The van der Waals surface area contributed by atoms with E-state index in [0.29, 0.717) is 0 Å². The highest BCUT2D eigenvalue weighted by Crippen LogP contribution is 2.18. The molecule has 1 rings (SSSR count). The van der Waals surface area contributed by atoms with Gasteiger partial charge in [0.25, 0.3) is 0 Å². The van der Waals surface area contributed by atoms with Crippen molar-refractivity contribution in [3.63, 3.8) is 0 Å². The van der Waals surface area contributed by atoms with Gasteiger partial charge in [0.05, 0.1) is 12.9 Å². The summed E-state index contributed by atoms with van der Waals surface area (Å²) in [7, 11) is 1.25. The topological polar surface area (TPSA) is 58.9 Å². The van der Waals surface area contributed by atoms with Gasteiger partial charge in [0.2, 0.25) is 0 Å². The lowest BCUT2D eigenvalue weighted by Crippen LogP contribution is -2.18. The molecule has 1 aromatic rings. The number of methoxy groups -OCH3 is 1. The summed E-state index contributed by atoms with van der Waals surface area (Å²) in [5.74, 6) is -0.325. The first-order chi connectivity index (χ1) is 7.67. The van der Waals surface area contributed by atoms with Crippen molar-refractivity contribution in [1.29, 1.82) is 0 Å². The van der Waals surface area contributed by atoms with E-state index in [1.165, 1.54) is 24.4 Å². The Hall–Kier alpha value is -1.49. The van der Waals surface area contributed by atoms with Crippen molar-refractivity contribution in [2.24, 2.45) is 5.16 Å². The molecule has 0 aliphatic rings. The molecular formula is C11H13NO3S. The Kier molecular flexibility index (Phi) is 4.85. The van der Waals surface area contributed by atoms with Gasteiger partial charge in [-0.15, -0.1) is 11.8 Å². The lowest BCUT2D eigenvalue weighted by atomic mass is 10.2. The zero-order valence-corrected chi connectivity index (χ0v) is 9.95. The van der Waals surface area contributed by atoms with Crippen LogP contribution < -0.4 is 0 Å². The number of nitrogens with zero attached hydrogens (tertiary/aromatic N) is 1. The van der Waals surface area contributed by atoms with E-state index in [0.717, 1.165) is 4.90 Å². The van der Waals surface area contributed by atoms with E-state index < -0.39 is 5.97 Å². The van der Waals surface area contributed by atoms with Gasteiger partial charge in [-0.3, -0.25) is 0 Å². The van der Waals surface area contributed by atoms with E-state index in [1.807, 2.05) is 31.2 Å². The number of carbonyl (C=O) groups is 1. The molecule has 0 spiro atoms. The zero-order chi connectivity index (χ0) is 12.0. The highest BCUT2D eigenvalue weighted by Gasteiger charge is 2.12. The van der Waals surface area contributed by atoms with E-state index in [9.17, 15) is 4.79 Å². The monoisotopic (exact) mass is 239 g/mol. The first kappa shape index (κ1) is 12.6. The molecule has 0 aliphatic carbocycles. The first-order valence-electron chi connectivity index (χ1n) is 4.66. The molecule has 0 atom stereocenters. The number of benzene rings is 1. The summed E-state index contributed by atoms with van der Waals surface area (Å²) in [5.41, 5.74) is 1.18. The van der Waals surface area contributed by atoms with Gasteiger partial charge >= 0.3 is 5.97 Å². The van der Waals surface area contributed by atoms with Crippen molar-refractivity contribution in [2.75, 3.05) is 12.9 Å². The van der Waals surface area contributed by atoms with Crippen molar-refractivity contribution < 1.29 is 14.7 Å². The molecule has 0 aliphatic heterocycles. The van der Waals surface area contributed by atoms with Crippen LogP contribution in [0.1, 0.15) is 5.56 Å². The van der Waals surface area contributed by atoms with E-state index >= 15 is 0 Å². The average Bonchev–Trinajstić information content (AvgIpc) is 2.31. The maximum atomic E-state index is 11.1. The van der Waals surface area contributed by atoms with Gasteiger partial charge < -0.3 is 9.94 Å². The Labute approximate surface area is 98.3 Å². The number of aryl methyl sites for hydroxylation is 1. The maximum absolute atomic E-state index is 11.1. The Bertz CT molecular complexity index is 387.